The van der Waals surface area contributed by atoms with Gasteiger partial charge in [-0.05, 0) is 36.5 Å². The molecule has 4 nitrogen and oxygen atoms in total. The molecule has 0 aromatic carbocycles. The van der Waals surface area contributed by atoms with Crippen LogP contribution in [-0.4, -0.2) is 46.9 Å². The van der Waals surface area contributed by atoms with Gasteiger partial charge in [0.2, 0.25) is 0 Å². The highest BCUT2D eigenvalue weighted by Crippen LogP contribution is 2.38. The minimum Gasteiger partial charge on any atom is -0.396 e. The van der Waals surface area contributed by atoms with E-state index in [1.54, 1.807) is 0 Å². The molecule has 0 bridgehead atoms. The van der Waals surface area contributed by atoms with Gasteiger partial charge in [0, 0.05) is 26.4 Å². The van der Waals surface area contributed by atoms with Gasteiger partial charge >= 0.3 is 0 Å². The molecule has 0 aromatic heterocycles. The fourth-order valence-electron chi connectivity index (χ4n) is 2.58. The van der Waals surface area contributed by atoms with E-state index in [-0.39, 0.29) is 50.1 Å². The normalized spacial score (nSPS) is 38.6. The first-order chi connectivity index (χ1) is 6.78. The molecule has 4 unspecified atom stereocenters. The first-order valence-electron chi connectivity index (χ1n) is 5.21. The van der Waals surface area contributed by atoms with Gasteiger partial charge in [0.25, 0.3) is 0 Å². The Kier molecular flexibility index (Phi) is 4.81. The largest absolute Gasteiger partial charge is 0.396 e. The highest BCUT2D eigenvalue weighted by atomic mass is 16.3. The Morgan fingerprint density at radius 1 is 0.643 bits per heavy atom. The van der Waals surface area contributed by atoms with E-state index >= 15 is 0 Å². The van der Waals surface area contributed by atoms with Crippen molar-refractivity contribution in [2.24, 2.45) is 23.7 Å². The van der Waals surface area contributed by atoms with E-state index in [1.807, 2.05) is 0 Å². The van der Waals surface area contributed by atoms with E-state index in [4.69, 9.17) is 10.2 Å². The average molecular weight is 204 g/mol. The lowest BCUT2D eigenvalue weighted by atomic mass is 9.67. The van der Waals surface area contributed by atoms with Crippen LogP contribution >= 0.6 is 0 Å². The molecule has 0 aromatic rings. The van der Waals surface area contributed by atoms with Crippen LogP contribution in [0.5, 0.6) is 0 Å². The molecule has 1 fully saturated rings. The second kappa shape index (κ2) is 5.66. The van der Waals surface area contributed by atoms with E-state index in [1.165, 1.54) is 0 Å². The van der Waals surface area contributed by atoms with Crippen molar-refractivity contribution in [3.63, 3.8) is 0 Å². The Hall–Kier alpha value is -0.160. The molecule has 84 valence electrons. The molecule has 1 saturated carbocycles. The fraction of sp³-hybridized carbons (Fsp3) is 1.00. The molecule has 1 rings (SSSR count). The van der Waals surface area contributed by atoms with Gasteiger partial charge in [0.15, 0.2) is 0 Å². The van der Waals surface area contributed by atoms with Crippen molar-refractivity contribution in [2.75, 3.05) is 26.4 Å². The van der Waals surface area contributed by atoms with Crippen molar-refractivity contribution in [3.8, 4) is 0 Å². The summed E-state index contributed by atoms with van der Waals surface area (Å²) in [7, 11) is 0. The zero-order valence-electron chi connectivity index (χ0n) is 8.34. The quantitative estimate of drug-likeness (QED) is 0.484. The van der Waals surface area contributed by atoms with E-state index in [0.717, 1.165) is 12.8 Å². The minimum atomic E-state index is -0.0732. The number of aliphatic hydroxyl groups is 4. The van der Waals surface area contributed by atoms with Crippen LogP contribution in [0.25, 0.3) is 0 Å². The third-order valence-electron chi connectivity index (χ3n) is 3.56. The van der Waals surface area contributed by atoms with E-state index in [2.05, 4.69) is 0 Å². The van der Waals surface area contributed by atoms with Gasteiger partial charge in [-0.25, -0.2) is 0 Å². The molecule has 0 heterocycles. The van der Waals surface area contributed by atoms with Gasteiger partial charge in [-0.2, -0.15) is 0 Å². The molecule has 0 aliphatic heterocycles. The molecule has 1 aliphatic carbocycles. The first-order valence-corrected chi connectivity index (χ1v) is 5.21. The Morgan fingerprint density at radius 2 is 1.00 bits per heavy atom. The smallest absolute Gasteiger partial charge is 0.0466 e. The summed E-state index contributed by atoms with van der Waals surface area (Å²) in [6, 6.07) is 0. The molecule has 0 spiro atoms. The monoisotopic (exact) mass is 204 g/mol. The maximum atomic E-state index is 9.20. The van der Waals surface area contributed by atoms with E-state index in [0.29, 0.717) is 0 Å². The molecular formula is C10H20O4. The summed E-state index contributed by atoms with van der Waals surface area (Å²) in [6.07, 6.45) is 1.65. The van der Waals surface area contributed by atoms with Gasteiger partial charge in [0.1, 0.15) is 0 Å². The maximum Gasteiger partial charge on any atom is 0.0466 e. The number of hydrogen-bond acceptors (Lipinski definition) is 4. The maximum absolute atomic E-state index is 9.20. The molecule has 0 amide bonds. The van der Waals surface area contributed by atoms with Gasteiger partial charge in [-0.3, -0.25) is 0 Å². The van der Waals surface area contributed by atoms with Crippen LogP contribution in [0.2, 0.25) is 0 Å². The first kappa shape index (κ1) is 11.9. The van der Waals surface area contributed by atoms with Crippen LogP contribution in [-0.2, 0) is 0 Å². The SMILES string of the molecule is OCC1CCC(CO)C(CO)C1CO. The van der Waals surface area contributed by atoms with Gasteiger partial charge < -0.3 is 20.4 Å². The molecule has 0 saturated heterocycles. The zero-order chi connectivity index (χ0) is 10.6. The lowest BCUT2D eigenvalue weighted by Crippen LogP contribution is -2.41. The van der Waals surface area contributed by atoms with Crippen molar-refractivity contribution in [3.05, 3.63) is 0 Å². The van der Waals surface area contributed by atoms with Gasteiger partial charge in [-0.1, -0.05) is 0 Å². The number of hydrogen-bond donors (Lipinski definition) is 4. The van der Waals surface area contributed by atoms with Crippen LogP contribution in [0, 0.1) is 23.7 Å². The molecule has 1 aliphatic rings. The third kappa shape index (κ3) is 2.25. The predicted octanol–water partition coefficient (Wildman–Crippen LogP) is -0.786. The Bertz CT molecular complexity index is 144. The second-order valence-corrected chi connectivity index (χ2v) is 4.16. The molecule has 4 atom stereocenters. The molecular weight excluding hydrogens is 184 g/mol. The fourth-order valence-corrected chi connectivity index (χ4v) is 2.58. The highest BCUT2D eigenvalue weighted by Gasteiger charge is 2.37. The van der Waals surface area contributed by atoms with Gasteiger partial charge in [-0.15, -0.1) is 0 Å². The van der Waals surface area contributed by atoms with E-state index < -0.39 is 0 Å². The molecule has 14 heavy (non-hydrogen) atoms. The summed E-state index contributed by atoms with van der Waals surface area (Å²) in [5.41, 5.74) is 0. The topological polar surface area (TPSA) is 80.9 Å². The summed E-state index contributed by atoms with van der Waals surface area (Å²) < 4.78 is 0. The predicted molar refractivity (Wildman–Crippen MR) is 51.5 cm³/mol. The number of aliphatic hydroxyl groups excluding tert-OH is 4. The number of rotatable bonds is 4. The van der Waals surface area contributed by atoms with Crippen LogP contribution in [0.4, 0.5) is 0 Å². The molecule has 4 N–H and O–H groups in total. The minimum absolute atomic E-state index is 0.0209. The van der Waals surface area contributed by atoms with Crippen LogP contribution in [0.1, 0.15) is 12.8 Å². The Balaban J connectivity index is 2.67. The summed E-state index contributed by atoms with van der Waals surface area (Å²) in [4.78, 5) is 0. The second-order valence-electron chi connectivity index (χ2n) is 4.16. The van der Waals surface area contributed by atoms with Crippen molar-refractivity contribution in [1.29, 1.82) is 0 Å². The summed E-state index contributed by atoms with van der Waals surface area (Å²) in [5, 5.41) is 36.6. The Labute approximate surface area is 84.2 Å². The molecule has 0 radical (unpaired) electrons. The standard InChI is InChI=1S/C10H20O4/c11-3-7-1-2-8(4-12)10(6-14)9(7)5-13/h7-14H,1-6H2. The summed E-state index contributed by atoms with van der Waals surface area (Å²) >= 11 is 0. The third-order valence-corrected chi connectivity index (χ3v) is 3.56. The summed E-state index contributed by atoms with van der Waals surface area (Å²) in [6.45, 7) is 0.0691. The molecule has 4 heteroatoms. The lowest BCUT2D eigenvalue weighted by molar-refractivity contribution is -0.0282. The van der Waals surface area contributed by atoms with Crippen molar-refractivity contribution in [1.82, 2.24) is 0 Å². The summed E-state index contributed by atoms with van der Waals surface area (Å²) in [5.74, 6) is -0.00769. The van der Waals surface area contributed by atoms with Crippen LogP contribution in [0.3, 0.4) is 0 Å². The average Bonchev–Trinajstić information content (AvgIpc) is 2.26. The van der Waals surface area contributed by atoms with Crippen molar-refractivity contribution >= 4 is 0 Å². The zero-order valence-corrected chi connectivity index (χ0v) is 8.34. The van der Waals surface area contributed by atoms with Crippen molar-refractivity contribution in [2.45, 2.75) is 12.8 Å². The Morgan fingerprint density at radius 3 is 1.21 bits per heavy atom. The lowest BCUT2D eigenvalue weighted by Gasteiger charge is -2.40. The van der Waals surface area contributed by atoms with E-state index in [9.17, 15) is 10.2 Å². The van der Waals surface area contributed by atoms with Crippen LogP contribution < -0.4 is 0 Å². The van der Waals surface area contributed by atoms with Crippen molar-refractivity contribution < 1.29 is 20.4 Å². The van der Waals surface area contributed by atoms with Crippen LogP contribution in [0.15, 0.2) is 0 Å². The van der Waals surface area contributed by atoms with Gasteiger partial charge in [0.05, 0.1) is 0 Å². The highest BCUT2D eigenvalue weighted by molar-refractivity contribution is 4.86.